The Labute approximate surface area is 108 Å². The fraction of sp³-hybridized carbons (Fsp3) is 0.438. The monoisotopic (exact) mass is 239 g/mol. The lowest BCUT2D eigenvalue weighted by Gasteiger charge is -2.41. The second-order valence-electron chi connectivity index (χ2n) is 5.35. The number of hydrogen-bond acceptors (Lipinski definition) is 2. The van der Waals surface area contributed by atoms with E-state index in [-0.39, 0.29) is 5.60 Å². The normalized spacial score (nSPS) is 20.6. The Morgan fingerprint density at radius 2 is 2.00 bits per heavy atom. The fourth-order valence-corrected chi connectivity index (χ4v) is 3.10. The van der Waals surface area contributed by atoms with Crippen LogP contribution in [0.3, 0.4) is 0 Å². The van der Waals surface area contributed by atoms with E-state index in [0.717, 1.165) is 24.2 Å². The lowest BCUT2D eigenvalue weighted by Crippen LogP contribution is -2.41. The van der Waals surface area contributed by atoms with Crippen molar-refractivity contribution in [3.63, 3.8) is 0 Å². The molecule has 1 fully saturated rings. The topological polar surface area (TPSA) is 33.0 Å². The highest BCUT2D eigenvalue weighted by atomic mass is 16.5. The summed E-state index contributed by atoms with van der Waals surface area (Å²) in [6, 6.07) is 7.86. The minimum atomic E-state index is -0.0700. The van der Waals surface area contributed by atoms with E-state index >= 15 is 0 Å². The minimum Gasteiger partial charge on any atom is -0.482 e. The largest absolute Gasteiger partial charge is 0.482 e. The average molecular weight is 239 g/mol. The van der Waals surface area contributed by atoms with Crippen molar-refractivity contribution < 1.29 is 4.74 Å². The minimum absolute atomic E-state index is 0.0700. The smallest absolute Gasteiger partial charge is 0.130 e. The molecule has 1 aliphatic carbocycles. The summed E-state index contributed by atoms with van der Waals surface area (Å²) >= 11 is 0. The number of benzene rings is 1. The van der Waals surface area contributed by atoms with Gasteiger partial charge in [-0.05, 0) is 62.5 Å². The van der Waals surface area contributed by atoms with E-state index in [4.69, 9.17) is 10.00 Å². The third-order valence-electron chi connectivity index (χ3n) is 4.20. The van der Waals surface area contributed by atoms with Gasteiger partial charge in [-0.25, -0.2) is 0 Å². The molecule has 1 saturated carbocycles. The van der Waals surface area contributed by atoms with E-state index in [1.54, 1.807) is 0 Å². The predicted molar refractivity (Wildman–Crippen MR) is 71.3 cm³/mol. The highest BCUT2D eigenvalue weighted by Gasteiger charge is 2.38. The van der Waals surface area contributed by atoms with E-state index in [2.05, 4.69) is 19.1 Å². The zero-order chi connectivity index (χ0) is 12.6. The summed E-state index contributed by atoms with van der Waals surface area (Å²) in [6.45, 7) is 2.16. The second-order valence-corrected chi connectivity index (χ2v) is 5.35. The zero-order valence-corrected chi connectivity index (χ0v) is 10.7. The van der Waals surface area contributed by atoms with Crippen molar-refractivity contribution in [2.75, 3.05) is 0 Å². The first-order chi connectivity index (χ1) is 8.73. The molecule has 0 atom stereocenters. The molecular weight excluding hydrogens is 222 g/mol. The summed E-state index contributed by atoms with van der Waals surface area (Å²) in [7, 11) is 0. The van der Waals surface area contributed by atoms with Crippen LogP contribution >= 0.6 is 0 Å². The van der Waals surface area contributed by atoms with Gasteiger partial charge in [0.1, 0.15) is 11.4 Å². The molecule has 1 aliphatic heterocycles. The molecule has 0 aromatic heterocycles. The molecule has 3 rings (SSSR count). The Morgan fingerprint density at radius 3 is 2.72 bits per heavy atom. The van der Waals surface area contributed by atoms with Gasteiger partial charge in [-0.1, -0.05) is 6.42 Å². The zero-order valence-electron chi connectivity index (χ0n) is 10.7. The van der Waals surface area contributed by atoms with Gasteiger partial charge in [0.15, 0.2) is 0 Å². The molecule has 0 saturated heterocycles. The van der Waals surface area contributed by atoms with Crippen LogP contribution in [-0.4, -0.2) is 5.60 Å². The molecule has 2 aliphatic rings. The number of rotatable bonds is 0. The van der Waals surface area contributed by atoms with Gasteiger partial charge in [-0.2, -0.15) is 5.26 Å². The number of ether oxygens (including phenoxy) is 1. The van der Waals surface area contributed by atoms with Crippen LogP contribution in [0.15, 0.2) is 23.8 Å². The van der Waals surface area contributed by atoms with Gasteiger partial charge in [-0.15, -0.1) is 0 Å². The Bertz CT molecular complexity index is 545. The first kappa shape index (κ1) is 11.3. The van der Waals surface area contributed by atoms with E-state index in [9.17, 15) is 0 Å². The van der Waals surface area contributed by atoms with Crippen LogP contribution in [0.25, 0.3) is 6.08 Å². The standard InChI is InChI=1S/C16H17NO/c1-12-9-14-10-13(11-17)5-6-15(14)18-16(12)7-3-2-4-8-16/h5-6,9-10H,2-4,7-8H2,1H3. The van der Waals surface area contributed by atoms with Crippen LogP contribution < -0.4 is 4.74 Å². The average Bonchev–Trinajstić information content (AvgIpc) is 2.41. The molecule has 0 amide bonds. The Hall–Kier alpha value is -1.75. The molecule has 0 unspecified atom stereocenters. The van der Waals surface area contributed by atoms with E-state index in [0.29, 0.717) is 5.56 Å². The van der Waals surface area contributed by atoms with Crippen molar-refractivity contribution in [3.05, 3.63) is 34.9 Å². The molecule has 2 heteroatoms. The predicted octanol–water partition coefficient (Wildman–Crippen LogP) is 4.06. The van der Waals surface area contributed by atoms with Crippen molar-refractivity contribution in [2.24, 2.45) is 0 Å². The Balaban J connectivity index is 2.02. The summed E-state index contributed by atoms with van der Waals surface area (Å²) in [5.74, 6) is 0.932. The molecule has 2 nitrogen and oxygen atoms in total. The van der Waals surface area contributed by atoms with Crippen LogP contribution in [0, 0.1) is 11.3 Å². The molecular formula is C16H17NO. The summed E-state index contributed by atoms with van der Waals surface area (Å²) < 4.78 is 6.29. The first-order valence-corrected chi connectivity index (χ1v) is 6.65. The van der Waals surface area contributed by atoms with Crippen molar-refractivity contribution in [1.29, 1.82) is 5.26 Å². The van der Waals surface area contributed by atoms with Crippen molar-refractivity contribution in [3.8, 4) is 11.8 Å². The molecule has 1 aromatic rings. The number of nitriles is 1. The number of fused-ring (bicyclic) bond motifs is 1. The Kier molecular flexibility index (Phi) is 2.63. The fourth-order valence-electron chi connectivity index (χ4n) is 3.10. The maximum Gasteiger partial charge on any atom is 0.130 e. The van der Waals surface area contributed by atoms with Gasteiger partial charge in [0.05, 0.1) is 11.6 Å². The lowest BCUT2D eigenvalue weighted by molar-refractivity contribution is 0.0634. The summed E-state index contributed by atoms with van der Waals surface area (Å²) in [4.78, 5) is 0. The van der Waals surface area contributed by atoms with Gasteiger partial charge < -0.3 is 4.74 Å². The second kappa shape index (κ2) is 4.17. The van der Waals surface area contributed by atoms with Crippen molar-refractivity contribution >= 4 is 6.08 Å². The molecule has 92 valence electrons. The molecule has 0 bridgehead atoms. The van der Waals surface area contributed by atoms with Crippen LogP contribution in [0.2, 0.25) is 0 Å². The Morgan fingerprint density at radius 1 is 1.22 bits per heavy atom. The van der Waals surface area contributed by atoms with E-state index in [1.807, 2.05) is 18.2 Å². The van der Waals surface area contributed by atoms with E-state index in [1.165, 1.54) is 24.8 Å². The third-order valence-corrected chi connectivity index (χ3v) is 4.20. The summed E-state index contributed by atoms with van der Waals surface area (Å²) in [6.07, 6.45) is 8.25. The summed E-state index contributed by atoms with van der Waals surface area (Å²) in [5, 5.41) is 8.94. The first-order valence-electron chi connectivity index (χ1n) is 6.65. The molecule has 18 heavy (non-hydrogen) atoms. The third kappa shape index (κ3) is 1.71. The van der Waals surface area contributed by atoms with Crippen LogP contribution in [0.1, 0.15) is 50.2 Å². The molecule has 0 N–H and O–H groups in total. The number of hydrogen-bond donors (Lipinski definition) is 0. The van der Waals surface area contributed by atoms with Crippen LogP contribution in [0.4, 0.5) is 0 Å². The highest BCUT2D eigenvalue weighted by Crippen LogP contribution is 2.43. The number of nitrogens with zero attached hydrogens (tertiary/aromatic N) is 1. The van der Waals surface area contributed by atoms with Crippen LogP contribution in [0.5, 0.6) is 5.75 Å². The maximum atomic E-state index is 8.94. The molecule has 1 spiro atoms. The van der Waals surface area contributed by atoms with Gasteiger partial charge in [0.25, 0.3) is 0 Å². The quantitative estimate of drug-likeness (QED) is 0.684. The SMILES string of the molecule is CC1=Cc2cc(C#N)ccc2OC12CCCCC2. The maximum absolute atomic E-state index is 8.94. The van der Waals surface area contributed by atoms with Crippen molar-refractivity contribution in [2.45, 2.75) is 44.6 Å². The van der Waals surface area contributed by atoms with Gasteiger partial charge in [0, 0.05) is 5.56 Å². The molecule has 1 heterocycles. The van der Waals surface area contributed by atoms with Gasteiger partial charge >= 0.3 is 0 Å². The van der Waals surface area contributed by atoms with Gasteiger partial charge in [-0.3, -0.25) is 0 Å². The van der Waals surface area contributed by atoms with Crippen LogP contribution in [-0.2, 0) is 0 Å². The van der Waals surface area contributed by atoms with Crippen molar-refractivity contribution in [1.82, 2.24) is 0 Å². The molecule has 1 aromatic carbocycles. The van der Waals surface area contributed by atoms with Gasteiger partial charge in [0.2, 0.25) is 0 Å². The summed E-state index contributed by atoms with van der Waals surface area (Å²) in [5.41, 5.74) is 2.98. The lowest BCUT2D eigenvalue weighted by atomic mass is 9.77. The van der Waals surface area contributed by atoms with E-state index < -0.39 is 0 Å². The highest BCUT2D eigenvalue weighted by molar-refractivity contribution is 5.65. The molecule has 0 radical (unpaired) electrons.